The maximum atomic E-state index is 12.8. The number of phenols is 1. The molecule has 0 unspecified atom stereocenters. The number of anilines is 2. The van der Waals surface area contributed by atoms with Gasteiger partial charge in [0.25, 0.3) is 0 Å². The molecule has 10 heteroatoms. The Labute approximate surface area is 151 Å². The summed E-state index contributed by atoms with van der Waals surface area (Å²) in [5.41, 5.74) is 1.99. The lowest BCUT2D eigenvalue weighted by Crippen LogP contribution is -2.11. The number of halogens is 6. The Morgan fingerprint density at radius 1 is 0.852 bits per heavy atom. The van der Waals surface area contributed by atoms with Gasteiger partial charge < -0.3 is 21.0 Å². The van der Waals surface area contributed by atoms with E-state index in [2.05, 4.69) is 11.1 Å². The van der Waals surface area contributed by atoms with Gasteiger partial charge in [0.1, 0.15) is 12.5 Å². The molecule has 0 saturated heterocycles. The summed E-state index contributed by atoms with van der Waals surface area (Å²) in [4.78, 5) is 8.00. The monoisotopic (exact) mass is 396 g/mol. The van der Waals surface area contributed by atoms with Gasteiger partial charge in [-0.1, -0.05) is 6.07 Å². The molecule has 150 valence electrons. The second kappa shape index (κ2) is 9.81. The number of carbonyl (C=O) groups is 1. The lowest BCUT2D eigenvalue weighted by atomic mass is 10.1. The number of carbonyl (C=O) groups excluding carboxylic acids is 1. The number of aromatic hydroxyl groups is 1. The van der Waals surface area contributed by atoms with E-state index in [0.29, 0.717) is 17.7 Å². The van der Waals surface area contributed by atoms with Crippen LogP contribution < -0.4 is 11.1 Å². The predicted molar refractivity (Wildman–Crippen MR) is 89.8 cm³/mol. The quantitative estimate of drug-likeness (QED) is 0.633. The zero-order valence-corrected chi connectivity index (χ0v) is 14.4. The van der Waals surface area contributed by atoms with Crippen molar-refractivity contribution in [1.82, 2.24) is 0 Å². The molecule has 0 spiro atoms. The third-order valence-corrected chi connectivity index (χ3v) is 3.09. The van der Waals surface area contributed by atoms with Gasteiger partial charge in [-0.15, -0.1) is 0 Å². The molecule has 0 aliphatic rings. The molecule has 0 aliphatic carbocycles. The normalized spacial score (nSPS) is 10.9. The molecule has 2 aromatic rings. The Morgan fingerprint density at radius 2 is 1.30 bits per heavy atom. The molecule has 0 fully saturated rings. The largest absolute Gasteiger partial charge is 0.508 e. The van der Waals surface area contributed by atoms with E-state index < -0.39 is 23.5 Å². The number of phenolic OH excluding ortho intramolecular Hbond substituents is 1. The van der Waals surface area contributed by atoms with Crippen molar-refractivity contribution >= 4 is 18.2 Å². The third kappa shape index (κ3) is 7.18. The minimum absolute atomic E-state index is 0.0534. The fraction of sp³-hybridized carbons (Fsp3) is 0.235. The Kier molecular flexibility index (Phi) is 8.81. The van der Waals surface area contributed by atoms with E-state index in [0.717, 1.165) is 0 Å². The van der Waals surface area contributed by atoms with E-state index in [1.807, 2.05) is 6.79 Å². The van der Waals surface area contributed by atoms with Crippen LogP contribution in [-0.2, 0) is 17.1 Å². The molecule has 2 aromatic carbocycles. The maximum absolute atomic E-state index is 12.8. The molecule has 0 heterocycles. The number of rotatable bonds is 2. The highest BCUT2D eigenvalue weighted by atomic mass is 19.4. The van der Waals surface area contributed by atoms with Gasteiger partial charge in [0, 0.05) is 17.4 Å². The second-order valence-electron chi connectivity index (χ2n) is 4.92. The van der Waals surface area contributed by atoms with Crippen LogP contribution in [0.1, 0.15) is 16.7 Å². The Bertz CT molecular complexity index is 713. The van der Waals surface area contributed by atoms with E-state index in [1.54, 1.807) is 6.92 Å². The summed E-state index contributed by atoms with van der Waals surface area (Å²) >= 11 is 0. The van der Waals surface area contributed by atoms with Gasteiger partial charge in [-0.25, -0.2) is 0 Å². The lowest BCUT2D eigenvalue weighted by molar-refractivity contribution is -0.143. The minimum Gasteiger partial charge on any atom is -0.508 e. The number of aryl methyl sites for hydroxylation is 1. The van der Waals surface area contributed by atoms with Crippen molar-refractivity contribution in [3.63, 3.8) is 0 Å². The summed E-state index contributed by atoms with van der Waals surface area (Å²) < 4.78 is 76.5. The van der Waals surface area contributed by atoms with Gasteiger partial charge in [-0.3, -0.25) is 0 Å². The summed E-state index contributed by atoms with van der Waals surface area (Å²) in [6, 6.07) is 5.33. The Morgan fingerprint density at radius 3 is 1.67 bits per heavy atom. The molecule has 2 rings (SSSR count). The molecule has 0 atom stereocenters. The molecule has 0 aromatic heterocycles. The summed E-state index contributed by atoms with van der Waals surface area (Å²) in [5.74, 6) is -0.127. The summed E-state index contributed by atoms with van der Waals surface area (Å²) in [6.45, 7) is 3.60. The Balaban J connectivity index is 0.00000158. The topological polar surface area (TPSA) is 75.4 Å². The van der Waals surface area contributed by atoms with Gasteiger partial charge >= 0.3 is 12.4 Å². The van der Waals surface area contributed by atoms with Crippen molar-refractivity contribution in [2.24, 2.45) is 5.73 Å². The van der Waals surface area contributed by atoms with E-state index in [1.165, 1.54) is 25.2 Å². The number of hydrogen-bond acceptors (Lipinski definition) is 4. The van der Waals surface area contributed by atoms with Crippen LogP contribution in [0.4, 0.5) is 37.7 Å². The lowest BCUT2D eigenvalue weighted by Gasteiger charge is -2.15. The number of alkyl halides is 6. The summed E-state index contributed by atoms with van der Waals surface area (Å²) in [5, 5.41) is 12.0. The van der Waals surface area contributed by atoms with Crippen molar-refractivity contribution < 1.29 is 36.2 Å². The SMILES string of the molecule is C=O.CN.Cc1ccc(Nc2cc(C(F)(F)F)cc(C(F)(F)F)c2)cc1O. The molecule has 0 aliphatic heterocycles. The van der Waals surface area contributed by atoms with E-state index in [-0.39, 0.29) is 23.2 Å². The first kappa shape index (κ1) is 24.2. The molecule has 0 radical (unpaired) electrons. The molecule has 27 heavy (non-hydrogen) atoms. The van der Waals surface area contributed by atoms with Crippen LogP contribution in [0.3, 0.4) is 0 Å². The molecular weight excluding hydrogens is 378 g/mol. The fourth-order valence-corrected chi connectivity index (χ4v) is 1.88. The summed E-state index contributed by atoms with van der Waals surface area (Å²) in [7, 11) is 1.50. The maximum Gasteiger partial charge on any atom is 0.416 e. The van der Waals surface area contributed by atoms with Crippen LogP contribution in [0.25, 0.3) is 0 Å². The fourth-order valence-electron chi connectivity index (χ4n) is 1.88. The second-order valence-corrected chi connectivity index (χ2v) is 4.92. The number of nitrogens with two attached hydrogens (primary N) is 1. The number of hydrogen-bond donors (Lipinski definition) is 3. The van der Waals surface area contributed by atoms with Crippen LogP contribution >= 0.6 is 0 Å². The van der Waals surface area contributed by atoms with Crippen LogP contribution in [0.5, 0.6) is 5.75 Å². The van der Waals surface area contributed by atoms with Crippen molar-refractivity contribution in [3.05, 3.63) is 53.1 Å². The standard InChI is InChI=1S/C15H11F6NO.CH5N.CH2O/c1-8-2-3-11(7-13(8)23)22-12-5-9(14(16,17)18)4-10(6-12)15(19,20)21;2*1-2/h2-7,22-23H,1H3;2H2,1H3;1H2. The Hall–Kier alpha value is -2.75. The van der Waals surface area contributed by atoms with Crippen LogP contribution in [0.2, 0.25) is 0 Å². The van der Waals surface area contributed by atoms with Gasteiger partial charge in [0.05, 0.1) is 11.1 Å². The molecule has 0 bridgehead atoms. The minimum atomic E-state index is -4.91. The highest BCUT2D eigenvalue weighted by Crippen LogP contribution is 2.38. The molecule has 4 N–H and O–H groups in total. The van der Waals surface area contributed by atoms with Gasteiger partial charge in [0.15, 0.2) is 0 Å². The highest BCUT2D eigenvalue weighted by molar-refractivity contribution is 5.64. The van der Waals surface area contributed by atoms with Gasteiger partial charge in [-0.05, 0) is 43.8 Å². The molecule has 0 amide bonds. The molecule has 0 saturated carbocycles. The van der Waals surface area contributed by atoms with E-state index in [4.69, 9.17) is 4.79 Å². The summed E-state index contributed by atoms with van der Waals surface area (Å²) in [6.07, 6.45) is -9.82. The number of benzene rings is 2. The predicted octanol–water partition coefficient (Wildman–Crippen LogP) is 4.87. The first-order valence-electron chi connectivity index (χ1n) is 7.19. The molecular formula is C17H18F6N2O2. The van der Waals surface area contributed by atoms with Crippen molar-refractivity contribution in [2.75, 3.05) is 12.4 Å². The molecule has 4 nitrogen and oxygen atoms in total. The third-order valence-electron chi connectivity index (χ3n) is 3.09. The smallest absolute Gasteiger partial charge is 0.416 e. The average molecular weight is 396 g/mol. The van der Waals surface area contributed by atoms with E-state index >= 15 is 0 Å². The highest BCUT2D eigenvalue weighted by Gasteiger charge is 2.36. The van der Waals surface area contributed by atoms with Crippen molar-refractivity contribution in [3.8, 4) is 5.75 Å². The van der Waals surface area contributed by atoms with Gasteiger partial charge in [0.2, 0.25) is 0 Å². The zero-order valence-electron chi connectivity index (χ0n) is 14.4. The van der Waals surface area contributed by atoms with Crippen molar-refractivity contribution in [1.29, 1.82) is 0 Å². The zero-order chi connectivity index (χ0) is 21.4. The average Bonchev–Trinajstić information content (AvgIpc) is 2.60. The van der Waals surface area contributed by atoms with Crippen molar-refractivity contribution in [2.45, 2.75) is 19.3 Å². The van der Waals surface area contributed by atoms with E-state index in [9.17, 15) is 31.4 Å². The van der Waals surface area contributed by atoms with Gasteiger partial charge in [-0.2, -0.15) is 26.3 Å². The van der Waals surface area contributed by atoms with Crippen LogP contribution in [0, 0.1) is 6.92 Å². The van der Waals surface area contributed by atoms with Crippen LogP contribution in [-0.4, -0.2) is 18.9 Å². The van der Waals surface area contributed by atoms with Crippen LogP contribution in [0.15, 0.2) is 36.4 Å². The first-order valence-corrected chi connectivity index (χ1v) is 7.19. The number of nitrogens with one attached hydrogen (secondary N) is 1. The first-order chi connectivity index (χ1) is 12.5.